The van der Waals surface area contributed by atoms with Gasteiger partial charge in [-0.2, -0.15) is 0 Å². The Balaban J connectivity index is 4.51. The van der Waals surface area contributed by atoms with Gasteiger partial charge >= 0.3 is 0 Å². The molecule has 0 amide bonds. The minimum Gasteiger partial charge on any atom is -0.144 e. The quantitative estimate of drug-likeness (QED) is 0.275. The molecule has 128 valence electrons. The van der Waals surface area contributed by atoms with E-state index in [2.05, 4.69) is 64.4 Å². The molecule has 0 aromatic heterocycles. The molecule has 0 heterocycles. The number of hydrogen-bond acceptors (Lipinski definition) is 3. The van der Waals surface area contributed by atoms with Gasteiger partial charge in [-0.15, -0.1) is 24.4 Å². The smallest absolute Gasteiger partial charge is 0.0271 e. The van der Waals surface area contributed by atoms with Crippen molar-refractivity contribution in [2.75, 3.05) is 0 Å². The van der Waals surface area contributed by atoms with Crippen LogP contribution in [0.5, 0.6) is 0 Å². The monoisotopic (exact) mass is 366 g/mol. The van der Waals surface area contributed by atoms with E-state index >= 15 is 0 Å². The Hall–Kier alpha value is -0.510. The SMILES string of the molecule is C=C(S)/C=C\C(=C/C)SC(=C)/C=C\C(CC)SC(=C)CCCC. The summed E-state index contributed by atoms with van der Waals surface area (Å²) in [5.41, 5.74) is 0. The third-order valence-electron chi connectivity index (χ3n) is 3.00. The molecule has 0 N–H and O–H groups in total. The van der Waals surface area contributed by atoms with Crippen molar-refractivity contribution in [1.29, 1.82) is 0 Å². The highest BCUT2D eigenvalue weighted by molar-refractivity contribution is 8.07. The normalized spacial score (nSPS) is 13.7. The molecule has 1 atom stereocenters. The Bertz CT molecular complexity index is 481. The van der Waals surface area contributed by atoms with Crippen LogP contribution in [0.2, 0.25) is 0 Å². The topological polar surface area (TPSA) is 0 Å². The summed E-state index contributed by atoms with van der Waals surface area (Å²) < 4.78 is 0. The zero-order valence-electron chi connectivity index (χ0n) is 14.7. The van der Waals surface area contributed by atoms with Crippen molar-refractivity contribution in [3.63, 3.8) is 0 Å². The van der Waals surface area contributed by atoms with E-state index in [0.717, 1.165) is 27.6 Å². The van der Waals surface area contributed by atoms with Crippen molar-refractivity contribution in [1.82, 2.24) is 0 Å². The van der Waals surface area contributed by atoms with Crippen LogP contribution in [-0.4, -0.2) is 5.25 Å². The summed E-state index contributed by atoms with van der Waals surface area (Å²) in [6.07, 6.45) is 15.0. The number of allylic oxidation sites excluding steroid dienone is 5. The second kappa shape index (κ2) is 13.9. The minimum atomic E-state index is 0.471. The van der Waals surface area contributed by atoms with Gasteiger partial charge in [-0.05, 0) is 48.1 Å². The summed E-state index contributed by atoms with van der Waals surface area (Å²) in [7, 11) is 0. The van der Waals surface area contributed by atoms with Gasteiger partial charge < -0.3 is 0 Å². The van der Waals surface area contributed by atoms with Gasteiger partial charge in [0.25, 0.3) is 0 Å². The zero-order chi connectivity index (χ0) is 17.7. The maximum atomic E-state index is 4.18. The Morgan fingerprint density at radius 1 is 1.13 bits per heavy atom. The maximum Gasteiger partial charge on any atom is 0.0271 e. The Labute approximate surface area is 157 Å². The van der Waals surface area contributed by atoms with E-state index in [1.807, 2.05) is 30.8 Å². The average molecular weight is 367 g/mol. The molecule has 0 bridgehead atoms. The fourth-order valence-electron chi connectivity index (χ4n) is 1.67. The zero-order valence-corrected chi connectivity index (χ0v) is 17.2. The lowest BCUT2D eigenvalue weighted by Crippen LogP contribution is -1.96. The van der Waals surface area contributed by atoms with Crippen LogP contribution in [0.4, 0.5) is 0 Å². The lowest BCUT2D eigenvalue weighted by Gasteiger charge is -2.12. The highest BCUT2D eigenvalue weighted by atomic mass is 32.2. The molecule has 0 spiro atoms. The molecular formula is C20H30S3. The van der Waals surface area contributed by atoms with Gasteiger partial charge in [0, 0.05) is 15.1 Å². The number of rotatable bonds is 12. The second-order valence-electron chi connectivity index (χ2n) is 5.15. The van der Waals surface area contributed by atoms with E-state index in [9.17, 15) is 0 Å². The van der Waals surface area contributed by atoms with Gasteiger partial charge in [-0.25, -0.2) is 0 Å². The summed E-state index contributed by atoms with van der Waals surface area (Å²) in [6.45, 7) is 18.5. The summed E-state index contributed by atoms with van der Waals surface area (Å²) >= 11 is 7.72. The van der Waals surface area contributed by atoms with Crippen molar-refractivity contribution < 1.29 is 0 Å². The van der Waals surface area contributed by atoms with Gasteiger partial charge in [0.05, 0.1) is 0 Å². The average Bonchev–Trinajstić information content (AvgIpc) is 2.52. The molecule has 0 rings (SSSR count). The molecule has 0 fully saturated rings. The Morgan fingerprint density at radius 2 is 1.83 bits per heavy atom. The molecule has 3 heteroatoms. The molecule has 0 saturated heterocycles. The maximum absolute atomic E-state index is 4.18. The van der Waals surface area contributed by atoms with Crippen molar-refractivity contribution in [3.8, 4) is 0 Å². The fourth-order valence-corrected chi connectivity index (χ4v) is 3.47. The summed E-state index contributed by atoms with van der Waals surface area (Å²) in [4.78, 5) is 4.21. The van der Waals surface area contributed by atoms with Gasteiger partial charge in [0.2, 0.25) is 0 Å². The van der Waals surface area contributed by atoms with Crippen molar-refractivity contribution in [3.05, 3.63) is 69.7 Å². The molecule has 1 unspecified atom stereocenters. The van der Waals surface area contributed by atoms with Crippen LogP contribution in [0, 0.1) is 0 Å². The first-order chi connectivity index (χ1) is 10.9. The molecule has 0 aliphatic heterocycles. The largest absolute Gasteiger partial charge is 0.144 e. The standard InChI is InChI=1S/C20H30S3/c1-7-10-11-17(5)22-20(9-3)15-13-18(6)23-19(8-2)14-12-16(4)21/h8,12-15,20-21H,4-7,9-11H2,1-3H3/b14-12-,15-13-,19-8+. The lowest BCUT2D eigenvalue weighted by atomic mass is 10.2. The molecule has 0 aromatic carbocycles. The van der Waals surface area contributed by atoms with E-state index in [1.165, 1.54) is 17.7 Å². The summed E-state index contributed by atoms with van der Waals surface area (Å²) in [5, 5.41) is 0.471. The molecular weight excluding hydrogens is 336 g/mol. The van der Waals surface area contributed by atoms with E-state index in [-0.39, 0.29) is 0 Å². The van der Waals surface area contributed by atoms with Crippen LogP contribution >= 0.6 is 36.2 Å². The predicted molar refractivity (Wildman–Crippen MR) is 117 cm³/mol. The van der Waals surface area contributed by atoms with Crippen molar-refractivity contribution in [2.24, 2.45) is 0 Å². The van der Waals surface area contributed by atoms with Crippen LogP contribution in [0.15, 0.2) is 69.7 Å². The van der Waals surface area contributed by atoms with Gasteiger partial charge in [-0.1, -0.05) is 70.0 Å². The Kier molecular flexibility index (Phi) is 13.6. The Morgan fingerprint density at radius 3 is 2.35 bits per heavy atom. The third-order valence-corrected chi connectivity index (χ3v) is 5.49. The molecule has 0 radical (unpaired) electrons. The number of hydrogen-bond donors (Lipinski definition) is 1. The van der Waals surface area contributed by atoms with Gasteiger partial charge in [0.15, 0.2) is 0 Å². The highest BCUT2D eigenvalue weighted by Gasteiger charge is 2.05. The molecule has 0 aliphatic carbocycles. The summed E-state index contributed by atoms with van der Waals surface area (Å²) in [5.74, 6) is 0. The van der Waals surface area contributed by atoms with Crippen LogP contribution in [-0.2, 0) is 0 Å². The van der Waals surface area contributed by atoms with Crippen molar-refractivity contribution >= 4 is 36.2 Å². The first kappa shape index (κ1) is 22.5. The first-order valence-corrected chi connectivity index (χ1v) is 10.2. The number of thiol groups is 1. The van der Waals surface area contributed by atoms with Crippen LogP contribution in [0.25, 0.3) is 0 Å². The third kappa shape index (κ3) is 12.6. The molecule has 23 heavy (non-hydrogen) atoms. The van der Waals surface area contributed by atoms with Crippen LogP contribution in [0.1, 0.15) is 46.5 Å². The van der Waals surface area contributed by atoms with Crippen LogP contribution in [0.3, 0.4) is 0 Å². The van der Waals surface area contributed by atoms with E-state index < -0.39 is 0 Å². The van der Waals surface area contributed by atoms with E-state index in [4.69, 9.17) is 0 Å². The molecule has 0 aliphatic rings. The molecule has 0 saturated carbocycles. The predicted octanol–water partition coefficient (Wildman–Crippen LogP) is 7.91. The fraction of sp³-hybridized carbons (Fsp3) is 0.400. The van der Waals surface area contributed by atoms with Gasteiger partial charge in [-0.3, -0.25) is 0 Å². The highest BCUT2D eigenvalue weighted by Crippen LogP contribution is 2.30. The first-order valence-electron chi connectivity index (χ1n) is 8.04. The van der Waals surface area contributed by atoms with Crippen LogP contribution < -0.4 is 0 Å². The van der Waals surface area contributed by atoms with E-state index in [1.54, 1.807) is 11.8 Å². The van der Waals surface area contributed by atoms with Crippen molar-refractivity contribution in [2.45, 2.75) is 51.7 Å². The molecule has 0 nitrogen and oxygen atoms in total. The van der Waals surface area contributed by atoms with E-state index in [0.29, 0.717) is 5.25 Å². The number of unbranched alkanes of at least 4 members (excludes halogenated alkanes) is 1. The minimum absolute atomic E-state index is 0.471. The van der Waals surface area contributed by atoms with Gasteiger partial charge in [0.1, 0.15) is 0 Å². The second-order valence-corrected chi connectivity index (χ2v) is 8.34. The number of thioether (sulfide) groups is 2. The summed E-state index contributed by atoms with van der Waals surface area (Å²) in [6, 6.07) is 0. The molecule has 0 aromatic rings. The lowest BCUT2D eigenvalue weighted by molar-refractivity contribution is 0.809.